The third-order valence-corrected chi connectivity index (χ3v) is 4.57. The molecule has 0 unspecified atom stereocenters. The quantitative estimate of drug-likeness (QED) is 0.674. The van der Waals surface area contributed by atoms with Crippen molar-refractivity contribution >= 4 is 29.2 Å². The minimum atomic E-state index is -1.16. The molecule has 0 bridgehead atoms. The first-order valence-corrected chi connectivity index (χ1v) is 8.59. The molecular formula is C19H18N3O6-. The highest BCUT2D eigenvalue weighted by molar-refractivity contribution is 6.04. The number of carboxylic acid groups (broad SMARTS) is 1. The van der Waals surface area contributed by atoms with Crippen molar-refractivity contribution in [3.8, 4) is 0 Å². The van der Waals surface area contributed by atoms with Gasteiger partial charge in [0.25, 0.3) is 5.91 Å². The molecule has 1 saturated heterocycles. The highest BCUT2D eigenvalue weighted by Gasteiger charge is 2.35. The fourth-order valence-corrected chi connectivity index (χ4v) is 3.17. The van der Waals surface area contributed by atoms with Crippen LogP contribution in [0.25, 0.3) is 0 Å². The largest absolute Gasteiger partial charge is 0.733 e. The van der Waals surface area contributed by atoms with Crippen LogP contribution in [-0.4, -0.2) is 45.6 Å². The van der Waals surface area contributed by atoms with Gasteiger partial charge >= 0.3 is 5.97 Å². The van der Waals surface area contributed by atoms with Crippen LogP contribution in [-0.2, 0) is 4.79 Å². The van der Waals surface area contributed by atoms with Gasteiger partial charge in [-0.25, -0.2) is 4.79 Å². The van der Waals surface area contributed by atoms with Gasteiger partial charge in [-0.05, 0) is 49.2 Å². The molecule has 0 aromatic heterocycles. The minimum absolute atomic E-state index is 0.0162. The van der Waals surface area contributed by atoms with Crippen LogP contribution < -0.4 is 10.5 Å². The molecule has 1 aliphatic heterocycles. The van der Waals surface area contributed by atoms with Crippen LogP contribution in [0, 0.1) is 5.21 Å². The topological polar surface area (TPSA) is 133 Å². The number of nitrogens with zero attached hydrogens (tertiary/aromatic N) is 2. The number of hydrogen-bond donors (Lipinski definition) is 3. The molecule has 0 radical (unpaired) electrons. The summed E-state index contributed by atoms with van der Waals surface area (Å²) < 4.78 is 0. The number of nitrogens with one attached hydrogen (secondary N) is 1. The predicted octanol–water partition coefficient (Wildman–Crippen LogP) is 2.32. The smallest absolute Gasteiger partial charge is 0.337 e. The Kier molecular flexibility index (Phi) is 5.57. The van der Waals surface area contributed by atoms with E-state index in [4.69, 9.17) is 5.21 Å². The van der Waals surface area contributed by atoms with Crippen LogP contribution >= 0.6 is 0 Å². The second-order valence-corrected chi connectivity index (χ2v) is 6.32. The maximum absolute atomic E-state index is 12.8. The molecule has 0 saturated carbocycles. The maximum atomic E-state index is 12.8. The SMILES string of the molecule is O=C(O)c1ccccc1NC(=O)[C@H]1CCCN1C(=O)c1ccc(N([O-])O)cc1. The van der Waals surface area contributed by atoms with E-state index in [0.717, 1.165) is 0 Å². The zero-order valence-corrected chi connectivity index (χ0v) is 14.7. The van der Waals surface area contributed by atoms with Gasteiger partial charge in [-0.15, -0.1) is 0 Å². The maximum Gasteiger partial charge on any atom is 0.337 e. The molecule has 1 heterocycles. The molecule has 0 spiro atoms. The summed E-state index contributed by atoms with van der Waals surface area (Å²) in [5.41, 5.74) is 0.393. The van der Waals surface area contributed by atoms with Gasteiger partial charge in [-0.2, -0.15) is 0 Å². The van der Waals surface area contributed by atoms with Gasteiger partial charge in [0.2, 0.25) is 5.91 Å². The Morgan fingerprint density at radius 1 is 1.11 bits per heavy atom. The lowest BCUT2D eigenvalue weighted by molar-refractivity contribution is -0.119. The third-order valence-electron chi connectivity index (χ3n) is 4.57. The van der Waals surface area contributed by atoms with Crippen molar-refractivity contribution in [1.29, 1.82) is 0 Å². The van der Waals surface area contributed by atoms with Crippen molar-refractivity contribution in [1.82, 2.24) is 4.90 Å². The number of hydrogen-bond acceptors (Lipinski definition) is 6. The van der Waals surface area contributed by atoms with Crippen LogP contribution in [0.1, 0.15) is 33.6 Å². The first-order chi connectivity index (χ1) is 13.4. The van der Waals surface area contributed by atoms with E-state index in [0.29, 0.717) is 19.4 Å². The van der Waals surface area contributed by atoms with Gasteiger partial charge in [0.05, 0.1) is 16.9 Å². The first kappa shape index (κ1) is 19.3. The summed E-state index contributed by atoms with van der Waals surface area (Å²) in [7, 11) is 0. The number of rotatable bonds is 5. The second-order valence-electron chi connectivity index (χ2n) is 6.32. The fourth-order valence-electron chi connectivity index (χ4n) is 3.17. The average molecular weight is 384 g/mol. The van der Waals surface area contributed by atoms with Crippen molar-refractivity contribution in [2.75, 3.05) is 17.1 Å². The van der Waals surface area contributed by atoms with Crippen molar-refractivity contribution in [2.24, 2.45) is 0 Å². The molecule has 3 N–H and O–H groups in total. The van der Waals surface area contributed by atoms with E-state index in [1.807, 2.05) is 0 Å². The molecule has 1 fully saturated rings. The lowest BCUT2D eigenvalue weighted by Crippen LogP contribution is -2.43. The molecule has 3 rings (SSSR count). The van der Waals surface area contributed by atoms with Gasteiger partial charge in [0.1, 0.15) is 6.04 Å². The molecule has 2 amide bonds. The van der Waals surface area contributed by atoms with E-state index in [-0.39, 0.29) is 33.6 Å². The summed E-state index contributed by atoms with van der Waals surface area (Å²) in [5, 5.41) is 31.3. The minimum Gasteiger partial charge on any atom is -0.733 e. The lowest BCUT2D eigenvalue weighted by Gasteiger charge is -2.25. The molecule has 0 aliphatic carbocycles. The van der Waals surface area contributed by atoms with Crippen LogP contribution in [0.4, 0.5) is 11.4 Å². The molecule has 2 aromatic rings. The molecular weight excluding hydrogens is 366 g/mol. The Labute approximate surface area is 160 Å². The van der Waals surface area contributed by atoms with Crippen molar-refractivity contribution < 1.29 is 24.7 Å². The van der Waals surface area contributed by atoms with Gasteiger partial charge in [-0.1, -0.05) is 12.1 Å². The van der Waals surface area contributed by atoms with Crippen LogP contribution in [0.3, 0.4) is 0 Å². The zero-order chi connectivity index (χ0) is 20.3. The summed E-state index contributed by atoms with van der Waals surface area (Å²) in [5.74, 6) is -2.00. The Morgan fingerprint density at radius 3 is 2.43 bits per heavy atom. The summed E-state index contributed by atoms with van der Waals surface area (Å²) in [6, 6.07) is 10.7. The van der Waals surface area contributed by atoms with E-state index in [9.17, 15) is 24.7 Å². The van der Waals surface area contributed by atoms with Crippen molar-refractivity contribution in [3.63, 3.8) is 0 Å². The third kappa shape index (κ3) is 3.95. The Balaban J connectivity index is 1.76. The first-order valence-electron chi connectivity index (χ1n) is 8.59. The molecule has 1 atom stereocenters. The van der Waals surface area contributed by atoms with E-state index < -0.39 is 17.9 Å². The monoisotopic (exact) mass is 384 g/mol. The molecule has 9 nitrogen and oxygen atoms in total. The van der Waals surface area contributed by atoms with Crippen LogP contribution in [0.2, 0.25) is 0 Å². The molecule has 146 valence electrons. The summed E-state index contributed by atoms with van der Waals surface area (Å²) in [6.45, 7) is 0.382. The Bertz CT molecular complexity index is 897. The number of likely N-dealkylation sites (tertiary alicyclic amines) is 1. The fraction of sp³-hybridized carbons (Fsp3) is 0.211. The molecule has 9 heteroatoms. The van der Waals surface area contributed by atoms with E-state index >= 15 is 0 Å². The van der Waals surface area contributed by atoms with Gasteiger partial charge in [-0.3, -0.25) is 14.8 Å². The summed E-state index contributed by atoms with van der Waals surface area (Å²) in [6.07, 6.45) is 1.09. The van der Waals surface area contributed by atoms with E-state index in [2.05, 4.69) is 5.32 Å². The van der Waals surface area contributed by atoms with Crippen molar-refractivity contribution in [2.45, 2.75) is 18.9 Å². The number of amides is 2. The summed E-state index contributed by atoms with van der Waals surface area (Å²) >= 11 is 0. The van der Waals surface area contributed by atoms with Gasteiger partial charge < -0.3 is 25.8 Å². The standard InChI is InChI=1S/C19H18N3O6/c23-17(20-15-5-2-1-4-14(15)19(25)26)16-6-3-11-21(16)18(24)12-7-9-13(10-8-12)22(27)28/h1-2,4-5,7-10,16,27H,3,6,11H2,(H,20,23)(H,25,26)/q-1/t16-/m1/s1. The zero-order valence-electron chi connectivity index (χ0n) is 14.7. The number of carbonyl (C=O) groups is 3. The van der Waals surface area contributed by atoms with Crippen LogP contribution in [0.15, 0.2) is 48.5 Å². The number of carboxylic acids is 1. The Morgan fingerprint density at radius 2 is 1.79 bits per heavy atom. The Hall–Kier alpha value is -3.43. The lowest BCUT2D eigenvalue weighted by atomic mass is 10.1. The molecule has 28 heavy (non-hydrogen) atoms. The second kappa shape index (κ2) is 8.07. The highest BCUT2D eigenvalue weighted by atomic mass is 16.8. The van der Waals surface area contributed by atoms with Gasteiger partial charge in [0, 0.05) is 12.1 Å². The number of benzene rings is 2. The number of para-hydroxylation sites is 1. The van der Waals surface area contributed by atoms with Gasteiger partial charge in [0.15, 0.2) is 0 Å². The predicted molar refractivity (Wildman–Crippen MR) is 100 cm³/mol. The normalized spacial score (nSPS) is 15.9. The molecule has 2 aromatic carbocycles. The number of aromatic carboxylic acids is 1. The number of anilines is 2. The van der Waals surface area contributed by atoms with E-state index in [1.54, 1.807) is 12.1 Å². The van der Waals surface area contributed by atoms with E-state index in [1.165, 1.54) is 41.3 Å². The van der Waals surface area contributed by atoms with Crippen molar-refractivity contribution in [3.05, 3.63) is 64.9 Å². The summed E-state index contributed by atoms with van der Waals surface area (Å²) in [4.78, 5) is 38.2. The average Bonchev–Trinajstić information content (AvgIpc) is 3.17. The van der Waals surface area contributed by atoms with Crippen LogP contribution in [0.5, 0.6) is 0 Å². The number of carbonyl (C=O) groups excluding carboxylic acids is 2. The highest BCUT2D eigenvalue weighted by Crippen LogP contribution is 2.24. The molecule has 1 aliphatic rings.